The number of para-hydroxylation sites is 3. The number of rotatable bonds is 3. The van der Waals surface area contributed by atoms with E-state index in [1.807, 2.05) is 109 Å². The fraction of sp³-hybridized carbons (Fsp3) is 0. The average Bonchev–Trinajstić information content (AvgIpc) is 3.15. The van der Waals surface area contributed by atoms with Crippen LogP contribution in [0, 0.1) is 0 Å². The predicted molar refractivity (Wildman–Crippen MR) is 191 cm³/mol. The molecule has 10 rings (SSSR count). The summed E-state index contributed by atoms with van der Waals surface area (Å²) in [5.74, 6) is 3.09. The third-order valence-electron chi connectivity index (χ3n) is 9.24. The van der Waals surface area contributed by atoms with Gasteiger partial charge in [0.1, 0.15) is 16.9 Å². The number of anilines is 3. The van der Waals surface area contributed by atoms with Gasteiger partial charge < -0.3 is 13.9 Å². The summed E-state index contributed by atoms with van der Waals surface area (Å²) in [5.41, 5.74) is 9.99. The molecule has 226 valence electrons. The van der Waals surface area contributed by atoms with Crippen molar-refractivity contribution < 1.29 is 13.9 Å². The van der Waals surface area contributed by atoms with E-state index in [1.165, 1.54) is 0 Å². The van der Waals surface area contributed by atoms with Gasteiger partial charge in [0, 0.05) is 0 Å². The highest BCUT2D eigenvalue weighted by molar-refractivity contribution is 5.96. The predicted octanol–water partition coefficient (Wildman–Crippen LogP) is 11.6. The van der Waals surface area contributed by atoms with Gasteiger partial charge in [0.15, 0.2) is 23.0 Å². The SMILES string of the molecule is O=c1c2cc(-c3ccccc3)ccc2oc2ccc(-c3cccc(-c4ccc5c(c4)Oc4cccc6c4N5c4ccccc4O6)c3)cc12. The van der Waals surface area contributed by atoms with Crippen LogP contribution in [0.2, 0.25) is 0 Å². The molecule has 0 bridgehead atoms. The molecule has 0 atom stereocenters. The zero-order valence-corrected chi connectivity index (χ0v) is 25.5. The molecule has 8 aromatic rings. The summed E-state index contributed by atoms with van der Waals surface area (Å²) >= 11 is 0. The molecule has 0 saturated carbocycles. The van der Waals surface area contributed by atoms with Crippen LogP contribution >= 0.6 is 0 Å². The first kappa shape index (κ1) is 26.6. The Labute approximate surface area is 275 Å². The molecular formula is C43H25NO4. The lowest BCUT2D eigenvalue weighted by molar-refractivity contribution is 0.446. The van der Waals surface area contributed by atoms with Crippen molar-refractivity contribution in [1.82, 2.24) is 0 Å². The summed E-state index contributed by atoms with van der Waals surface area (Å²) < 4.78 is 18.9. The highest BCUT2D eigenvalue weighted by Gasteiger charge is 2.34. The van der Waals surface area contributed by atoms with Crippen LogP contribution in [0.15, 0.2) is 161 Å². The number of hydrogen-bond acceptors (Lipinski definition) is 5. The molecule has 0 spiro atoms. The van der Waals surface area contributed by atoms with Gasteiger partial charge in [-0.2, -0.15) is 0 Å². The fourth-order valence-electron chi connectivity index (χ4n) is 6.91. The van der Waals surface area contributed by atoms with Crippen LogP contribution < -0.4 is 19.8 Å². The van der Waals surface area contributed by atoms with Gasteiger partial charge in [-0.3, -0.25) is 9.69 Å². The molecule has 5 heteroatoms. The molecule has 0 amide bonds. The van der Waals surface area contributed by atoms with Crippen LogP contribution in [0.25, 0.3) is 55.3 Å². The second-order valence-corrected chi connectivity index (χ2v) is 12.1. The van der Waals surface area contributed by atoms with Crippen LogP contribution in [0.1, 0.15) is 0 Å². The van der Waals surface area contributed by atoms with Gasteiger partial charge in [-0.05, 0) is 100 Å². The zero-order valence-electron chi connectivity index (χ0n) is 25.5. The zero-order chi connectivity index (χ0) is 31.8. The van der Waals surface area contributed by atoms with E-state index in [2.05, 4.69) is 47.4 Å². The normalized spacial score (nSPS) is 12.5. The Morgan fingerprint density at radius 1 is 0.396 bits per heavy atom. The lowest BCUT2D eigenvalue weighted by atomic mass is 9.97. The summed E-state index contributed by atoms with van der Waals surface area (Å²) in [6, 6.07) is 50.3. The maximum atomic E-state index is 13.8. The maximum absolute atomic E-state index is 13.8. The van der Waals surface area contributed by atoms with Crippen molar-refractivity contribution in [3.8, 4) is 56.4 Å². The number of fused-ring (bicyclic) bond motifs is 6. The summed E-state index contributed by atoms with van der Waals surface area (Å²) in [5, 5.41) is 1.13. The highest BCUT2D eigenvalue weighted by Crippen LogP contribution is 2.59. The fourth-order valence-corrected chi connectivity index (χ4v) is 6.91. The van der Waals surface area contributed by atoms with Crippen molar-refractivity contribution in [1.29, 1.82) is 0 Å². The van der Waals surface area contributed by atoms with E-state index in [9.17, 15) is 4.79 Å². The van der Waals surface area contributed by atoms with Crippen LogP contribution in [0.3, 0.4) is 0 Å². The molecule has 0 unspecified atom stereocenters. The number of ether oxygens (including phenoxy) is 2. The minimum Gasteiger partial charge on any atom is -0.456 e. The van der Waals surface area contributed by atoms with E-state index in [4.69, 9.17) is 13.9 Å². The average molecular weight is 620 g/mol. The summed E-state index contributed by atoms with van der Waals surface area (Å²) in [7, 11) is 0. The molecule has 0 aliphatic carbocycles. The largest absolute Gasteiger partial charge is 0.456 e. The quantitative estimate of drug-likeness (QED) is 0.184. The molecule has 7 aromatic carbocycles. The minimum absolute atomic E-state index is 0.0398. The van der Waals surface area contributed by atoms with E-state index in [1.54, 1.807) is 0 Å². The van der Waals surface area contributed by atoms with Gasteiger partial charge in [-0.15, -0.1) is 0 Å². The molecule has 0 fully saturated rings. The van der Waals surface area contributed by atoms with Crippen molar-refractivity contribution in [2.24, 2.45) is 0 Å². The Bertz CT molecular complexity index is 2660. The minimum atomic E-state index is -0.0398. The van der Waals surface area contributed by atoms with Gasteiger partial charge in [-0.25, -0.2) is 0 Å². The van der Waals surface area contributed by atoms with Gasteiger partial charge in [0.25, 0.3) is 0 Å². The second kappa shape index (κ2) is 10.2. The van der Waals surface area contributed by atoms with E-state index < -0.39 is 0 Å². The maximum Gasteiger partial charge on any atom is 0.200 e. The summed E-state index contributed by atoms with van der Waals surface area (Å²) in [6.45, 7) is 0. The Kier molecular flexibility index (Phi) is 5.66. The summed E-state index contributed by atoms with van der Waals surface area (Å²) in [4.78, 5) is 16.1. The first-order valence-electron chi connectivity index (χ1n) is 15.9. The van der Waals surface area contributed by atoms with Gasteiger partial charge in [-0.1, -0.05) is 84.9 Å². The molecule has 0 saturated heterocycles. The van der Waals surface area contributed by atoms with Crippen LogP contribution in [-0.4, -0.2) is 0 Å². The molecule has 2 aliphatic rings. The molecule has 0 radical (unpaired) electrons. The van der Waals surface area contributed by atoms with E-state index in [0.29, 0.717) is 21.9 Å². The molecule has 48 heavy (non-hydrogen) atoms. The molecular weight excluding hydrogens is 594 g/mol. The van der Waals surface area contributed by atoms with E-state index in [-0.39, 0.29) is 5.43 Å². The molecule has 1 aromatic heterocycles. The highest BCUT2D eigenvalue weighted by atomic mass is 16.5. The number of hydrogen-bond donors (Lipinski definition) is 0. The van der Waals surface area contributed by atoms with Crippen LogP contribution in [0.5, 0.6) is 23.0 Å². The number of nitrogens with zero attached hydrogens (tertiary/aromatic N) is 1. The topological polar surface area (TPSA) is 51.9 Å². The third-order valence-corrected chi connectivity index (χ3v) is 9.24. The second-order valence-electron chi connectivity index (χ2n) is 12.1. The van der Waals surface area contributed by atoms with E-state index in [0.717, 1.165) is 73.4 Å². The Hall–Kier alpha value is -6.59. The van der Waals surface area contributed by atoms with Crippen molar-refractivity contribution in [2.45, 2.75) is 0 Å². The Morgan fingerprint density at radius 2 is 0.917 bits per heavy atom. The van der Waals surface area contributed by atoms with Crippen molar-refractivity contribution in [3.05, 3.63) is 162 Å². The Balaban J connectivity index is 1.04. The van der Waals surface area contributed by atoms with E-state index >= 15 is 0 Å². The standard InChI is InChI=1S/C43H25NO4/c45-43-32-23-29(26-8-2-1-3-9-26)17-20-36(32)46-37-21-18-30(24-33(37)43)27-10-6-11-28(22-27)31-16-19-35-41(25-31)48-40-15-7-14-39-42(40)44(35)34-12-4-5-13-38(34)47-39/h1-25H. The molecule has 2 aliphatic heterocycles. The molecule has 3 heterocycles. The first-order valence-corrected chi connectivity index (χ1v) is 15.9. The van der Waals surface area contributed by atoms with Crippen molar-refractivity contribution >= 4 is 39.0 Å². The number of benzene rings is 7. The lowest BCUT2D eigenvalue weighted by Crippen LogP contribution is -2.20. The molecule has 5 nitrogen and oxygen atoms in total. The van der Waals surface area contributed by atoms with Crippen molar-refractivity contribution in [2.75, 3.05) is 4.90 Å². The van der Waals surface area contributed by atoms with Crippen molar-refractivity contribution in [3.63, 3.8) is 0 Å². The molecule has 0 N–H and O–H groups in total. The van der Waals surface area contributed by atoms with Gasteiger partial charge in [0.05, 0.1) is 22.1 Å². The first-order chi connectivity index (χ1) is 23.7. The summed E-state index contributed by atoms with van der Waals surface area (Å²) in [6.07, 6.45) is 0. The Morgan fingerprint density at radius 3 is 1.67 bits per heavy atom. The van der Waals surface area contributed by atoms with Gasteiger partial charge >= 0.3 is 0 Å². The van der Waals surface area contributed by atoms with Gasteiger partial charge in [0.2, 0.25) is 5.43 Å². The van der Waals surface area contributed by atoms with Crippen LogP contribution in [-0.2, 0) is 0 Å². The monoisotopic (exact) mass is 619 g/mol. The smallest absolute Gasteiger partial charge is 0.200 e. The lowest BCUT2D eigenvalue weighted by Gasteiger charge is -2.37. The third kappa shape index (κ3) is 4.08. The van der Waals surface area contributed by atoms with Crippen LogP contribution in [0.4, 0.5) is 17.1 Å².